The molecule has 0 atom stereocenters. The van der Waals surface area contributed by atoms with Gasteiger partial charge in [-0.25, -0.2) is 12.7 Å². The number of rotatable bonds is 3. The van der Waals surface area contributed by atoms with Crippen molar-refractivity contribution in [1.82, 2.24) is 8.87 Å². The third kappa shape index (κ3) is 3.47. The van der Waals surface area contributed by atoms with Crippen molar-refractivity contribution in [3.05, 3.63) is 57.9 Å². The van der Waals surface area contributed by atoms with E-state index in [1.807, 2.05) is 17.7 Å². The third-order valence-electron chi connectivity index (χ3n) is 4.57. The highest BCUT2D eigenvalue weighted by molar-refractivity contribution is 7.89. The van der Waals surface area contributed by atoms with Gasteiger partial charge in [-0.1, -0.05) is 17.4 Å². The maximum absolute atomic E-state index is 12.6. The number of hydrogen-bond acceptors (Lipinski definition) is 4. The lowest BCUT2D eigenvalue weighted by molar-refractivity contribution is 0.0998. The second-order valence-electron chi connectivity index (χ2n) is 6.53. The number of fused-ring (bicyclic) bond motifs is 1. The van der Waals surface area contributed by atoms with E-state index in [0.29, 0.717) is 10.4 Å². The first-order chi connectivity index (χ1) is 12.6. The summed E-state index contributed by atoms with van der Waals surface area (Å²) in [6.07, 6.45) is 0. The summed E-state index contributed by atoms with van der Waals surface area (Å²) >= 11 is 1.45. The van der Waals surface area contributed by atoms with Crippen LogP contribution in [0.3, 0.4) is 0 Å². The average molecular weight is 404 g/mol. The molecule has 0 saturated heterocycles. The molecule has 3 aromatic rings. The molecule has 0 saturated carbocycles. The van der Waals surface area contributed by atoms with Crippen LogP contribution in [0.15, 0.2) is 46.3 Å². The van der Waals surface area contributed by atoms with Gasteiger partial charge in [0.2, 0.25) is 10.0 Å². The Morgan fingerprint density at radius 1 is 1.07 bits per heavy atom. The Balaban J connectivity index is 2.02. The van der Waals surface area contributed by atoms with Gasteiger partial charge in [0, 0.05) is 26.7 Å². The molecule has 6 nitrogen and oxygen atoms in total. The van der Waals surface area contributed by atoms with Crippen LogP contribution in [0.2, 0.25) is 0 Å². The molecule has 0 spiro atoms. The van der Waals surface area contributed by atoms with Crippen LogP contribution in [0.1, 0.15) is 21.5 Å². The van der Waals surface area contributed by atoms with Crippen LogP contribution < -0.4 is 4.80 Å². The first kappa shape index (κ1) is 19.5. The van der Waals surface area contributed by atoms with Gasteiger partial charge in [-0.15, -0.1) is 0 Å². The SMILES string of the molecule is Cc1ccc2sc(=NC(=O)c3ccc(S(=O)(=O)N(C)C)cc3)n(C)c2c1C. The lowest BCUT2D eigenvalue weighted by atomic mass is 10.1. The molecule has 0 N–H and O–H groups in total. The van der Waals surface area contributed by atoms with Gasteiger partial charge in [-0.3, -0.25) is 4.79 Å². The highest BCUT2D eigenvalue weighted by atomic mass is 32.2. The molecular weight excluding hydrogens is 382 g/mol. The van der Waals surface area contributed by atoms with E-state index < -0.39 is 15.9 Å². The van der Waals surface area contributed by atoms with Crippen molar-refractivity contribution < 1.29 is 13.2 Å². The zero-order chi connectivity index (χ0) is 19.9. The molecule has 8 heteroatoms. The van der Waals surface area contributed by atoms with Crippen molar-refractivity contribution in [2.75, 3.05) is 14.1 Å². The van der Waals surface area contributed by atoms with E-state index >= 15 is 0 Å². The largest absolute Gasteiger partial charge is 0.319 e. The van der Waals surface area contributed by atoms with E-state index in [4.69, 9.17) is 0 Å². The van der Waals surface area contributed by atoms with Gasteiger partial charge in [-0.2, -0.15) is 4.99 Å². The van der Waals surface area contributed by atoms with Gasteiger partial charge in [-0.05, 0) is 55.3 Å². The van der Waals surface area contributed by atoms with Gasteiger partial charge in [0.05, 0.1) is 15.1 Å². The smallest absolute Gasteiger partial charge is 0.279 e. The number of thiazole rings is 1. The van der Waals surface area contributed by atoms with Crippen molar-refractivity contribution in [1.29, 1.82) is 0 Å². The number of hydrogen-bond donors (Lipinski definition) is 0. The number of sulfonamides is 1. The van der Waals surface area contributed by atoms with Crippen LogP contribution >= 0.6 is 11.3 Å². The highest BCUT2D eigenvalue weighted by Crippen LogP contribution is 2.23. The summed E-state index contributed by atoms with van der Waals surface area (Å²) in [5.41, 5.74) is 3.77. The molecule has 1 aromatic heterocycles. The van der Waals surface area contributed by atoms with Gasteiger partial charge in [0.25, 0.3) is 5.91 Å². The minimum Gasteiger partial charge on any atom is -0.319 e. The molecule has 27 heavy (non-hydrogen) atoms. The molecule has 0 fully saturated rings. The number of amides is 1. The second-order valence-corrected chi connectivity index (χ2v) is 9.69. The van der Waals surface area contributed by atoms with Crippen LogP contribution in [0.4, 0.5) is 0 Å². The topological polar surface area (TPSA) is 71.7 Å². The number of aromatic nitrogens is 1. The van der Waals surface area contributed by atoms with Crippen LogP contribution in [-0.4, -0.2) is 37.3 Å². The molecule has 0 bridgehead atoms. The number of aryl methyl sites for hydroxylation is 3. The molecule has 2 aromatic carbocycles. The predicted octanol–water partition coefficient (Wildman–Crippen LogP) is 2.85. The van der Waals surface area contributed by atoms with Crippen LogP contribution in [0, 0.1) is 13.8 Å². The Kier molecular flexibility index (Phi) is 5.07. The zero-order valence-corrected chi connectivity index (χ0v) is 17.5. The van der Waals surface area contributed by atoms with Gasteiger partial charge < -0.3 is 4.57 Å². The fourth-order valence-corrected chi connectivity index (χ4v) is 4.75. The minimum absolute atomic E-state index is 0.141. The van der Waals surface area contributed by atoms with E-state index in [1.165, 1.54) is 60.8 Å². The van der Waals surface area contributed by atoms with Gasteiger partial charge >= 0.3 is 0 Å². The molecule has 0 aliphatic heterocycles. The molecule has 142 valence electrons. The first-order valence-electron chi connectivity index (χ1n) is 8.30. The Morgan fingerprint density at radius 3 is 2.30 bits per heavy atom. The highest BCUT2D eigenvalue weighted by Gasteiger charge is 2.17. The lowest BCUT2D eigenvalue weighted by Gasteiger charge is -2.11. The van der Waals surface area contributed by atoms with Gasteiger partial charge in [0.1, 0.15) is 0 Å². The number of carbonyl (C=O) groups excluding carboxylic acids is 1. The van der Waals surface area contributed by atoms with E-state index in [9.17, 15) is 13.2 Å². The van der Waals surface area contributed by atoms with Crippen LogP contribution in [0.25, 0.3) is 10.2 Å². The minimum atomic E-state index is -3.52. The number of benzene rings is 2. The Morgan fingerprint density at radius 2 is 1.70 bits per heavy atom. The molecular formula is C19H21N3O3S2. The molecule has 1 amide bonds. The predicted molar refractivity (Wildman–Crippen MR) is 107 cm³/mol. The summed E-state index contributed by atoms with van der Waals surface area (Å²) in [6, 6.07) is 9.93. The summed E-state index contributed by atoms with van der Waals surface area (Å²) in [7, 11) is 1.31. The summed E-state index contributed by atoms with van der Waals surface area (Å²) in [4.78, 5) is 17.5. The van der Waals surface area contributed by atoms with E-state index in [1.54, 1.807) is 0 Å². The van der Waals surface area contributed by atoms with Gasteiger partial charge in [0.15, 0.2) is 4.80 Å². The summed E-state index contributed by atoms with van der Waals surface area (Å²) in [5.74, 6) is -0.402. The number of nitrogens with zero attached hydrogens (tertiary/aromatic N) is 3. The van der Waals surface area contributed by atoms with Crippen molar-refractivity contribution in [2.24, 2.45) is 12.0 Å². The summed E-state index contributed by atoms with van der Waals surface area (Å²) in [5, 5.41) is 0. The number of carbonyl (C=O) groups is 1. The van der Waals surface area contributed by atoms with Crippen molar-refractivity contribution in [2.45, 2.75) is 18.7 Å². The summed E-state index contributed by atoms with van der Waals surface area (Å²) in [6.45, 7) is 4.11. The Hall–Kier alpha value is -2.29. The Labute approximate surface area is 162 Å². The molecule has 0 radical (unpaired) electrons. The van der Waals surface area contributed by atoms with Crippen molar-refractivity contribution in [3.63, 3.8) is 0 Å². The maximum atomic E-state index is 12.6. The molecule has 0 unspecified atom stereocenters. The zero-order valence-electron chi connectivity index (χ0n) is 15.8. The summed E-state index contributed by atoms with van der Waals surface area (Å²) < 4.78 is 28.4. The fourth-order valence-electron chi connectivity index (χ4n) is 2.77. The monoisotopic (exact) mass is 403 g/mol. The third-order valence-corrected chi connectivity index (χ3v) is 7.49. The average Bonchev–Trinajstić information content (AvgIpc) is 2.94. The van der Waals surface area contributed by atoms with E-state index in [-0.39, 0.29) is 4.90 Å². The van der Waals surface area contributed by atoms with E-state index in [0.717, 1.165) is 14.5 Å². The maximum Gasteiger partial charge on any atom is 0.279 e. The Bertz CT molecular complexity index is 1200. The molecule has 3 rings (SSSR count). The second kappa shape index (κ2) is 7.03. The van der Waals surface area contributed by atoms with Crippen molar-refractivity contribution in [3.8, 4) is 0 Å². The quantitative estimate of drug-likeness (QED) is 0.675. The van der Waals surface area contributed by atoms with E-state index in [2.05, 4.69) is 24.9 Å². The molecule has 1 heterocycles. The molecule has 0 aliphatic carbocycles. The first-order valence-corrected chi connectivity index (χ1v) is 10.6. The normalized spacial score (nSPS) is 12.9. The van der Waals surface area contributed by atoms with Crippen LogP contribution in [0.5, 0.6) is 0 Å². The van der Waals surface area contributed by atoms with Crippen molar-refractivity contribution >= 4 is 37.5 Å². The lowest BCUT2D eigenvalue weighted by Crippen LogP contribution is -2.22. The fraction of sp³-hybridized carbons (Fsp3) is 0.263. The standard InChI is InChI=1S/C19H21N3O3S2/c1-12-6-11-16-17(13(12)2)22(5)19(26-16)20-18(23)14-7-9-15(10-8-14)27(24,25)21(3)4/h6-11H,1-5H3. The molecule has 0 aliphatic rings. The van der Waals surface area contributed by atoms with Crippen LogP contribution in [-0.2, 0) is 17.1 Å².